The highest BCUT2D eigenvalue weighted by Gasteiger charge is 2.35. The quantitative estimate of drug-likeness (QED) is 0.179. The number of hydrogen-bond acceptors (Lipinski definition) is 2. The number of hydrogen-bond donors (Lipinski definition) is 1. The van der Waals surface area contributed by atoms with E-state index in [-0.39, 0.29) is 12.0 Å². The molecule has 0 saturated carbocycles. The number of fused-ring (bicyclic) bond motifs is 6. The summed E-state index contributed by atoms with van der Waals surface area (Å²) >= 11 is 0. The van der Waals surface area contributed by atoms with Gasteiger partial charge in [0.1, 0.15) is 0 Å². The second-order valence-electron chi connectivity index (χ2n) is 15.1. The molecule has 0 atom stereocenters. The smallest absolute Gasteiger partial charge is 0.0681 e. The molecule has 0 amide bonds. The van der Waals surface area contributed by atoms with Gasteiger partial charge in [-0.3, -0.25) is 0 Å². The molecule has 1 aromatic heterocycles. The average molecular weight is 709 g/mol. The zero-order valence-electron chi connectivity index (χ0n) is 30.9. The topological polar surface area (TPSA) is 28.4 Å². The number of aliphatic hydroxyl groups is 1. The lowest BCUT2D eigenvalue weighted by Gasteiger charge is -2.28. The highest BCUT2D eigenvalue weighted by Crippen LogP contribution is 2.50. The first-order valence-corrected chi connectivity index (χ1v) is 19.0. The van der Waals surface area contributed by atoms with Crippen molar-refractivity contribution in [3.8, 4) is 39.1 Å². The molecule has 0 aliphatic heterocycles. The third-order valence-electron chi connectivity index (χ3n) is 11.6. The molecule has 0 radical (unpaired) electrons. The molecule has 10 rings (SSSR count). The number of aliphatic hydroxyl groups excluding tert-OH is 1. The van der Waals surface area contributed by atoms with Gasteiger partial charge >= 0.3 is 0 Å². The van der Waals surface area contributed by atoms with Gasteiger partial charge in [-0.2, -0.15) is 0 Å². The molecular weight excluding hydrogens is 669 g/mol. The number of rotatable bonds is 7. The monoisotopic (exact) mass is 708 g/mol. The van der Waals surface area contributed by atoms with Crippen LogP contribution in [0.2, 0.25) is 0 Å². The van der Waals surface area contributed by atoms with E-state index in [4.69, 9.17) is 0 Å². The highest BCUT2D eigenvalue weighted by molar-refractivity contribution is 6.10. The fraction of sp³-hybridized carbons (Fsp3) is 0.0769. The molecule has 0 unspecified atom stereocenters. The molecule has 0 fully saturated rings. The fourth-order valence-electron chi connectivity index (χ4n) is 8.70. The molecule has 0 bridgehead atoms. The van der Waals surface area contributed by atoms with Crippen LogP contribution in [-0.2, 0) is 12.0 Å². The van der Waals surface area contributed by atoms with Crippen LogP contribution in [0.25, 0.3) is 60.9 Å². The summed E-state index contributed by atoms with van der Waals surface area (Å²) in [6.07, 6.45) is 0. The van der Waals surface area contributed by atoms with E-state index in [1.54, 1.807) is 0 Å². The van der Waals surface area contributed by atoms with Gasteiger partial charge in [-0.1, -0.05) is 135 Å². The number of aromatic nitrogens is 1. The van der Waals surface area contributed by atoms with E-state index in [1.165, 1.54) is 55.3 Å². The Labute approximate surface area is 322 Å². The Morgan fingerprint density at radius 1 is 0.455 bits per heavy atom. The SMILES string of the molecule is CC1(C)c2ccccc2-c2ccc(N(c3ccc(-c4ccccc4)cc3)c3ccc(-c4ccc5c(c4)c4ccccc4n5-c4ccc(CO)cc4)cc3)cc21. The molecule has 3 nitrogen and oxygen atoms in total. The first-order chi connectivity index (χ1) is 27.0. The van der Waals surface area contributed by atoms with Crippen LogP contribution in [0, 0.1) is 0 Å². The minimum absolute atomic E-state index is 0.0359. The van der Waals surface area contributed by atoms with Crippen molar-refractivity contribution in [3.05, 3.63) is 205 Å². The van der Waals surface area contributed by atoms with Gasteiger partial charge in [-0.15, -0.1) is 0 Å². The molecule has 1 N–H and O–H groups in total. The summed E-state index contributed by atoms with van der Waals surface area (Å²) in [5, 5.41) is 12.1. The van der Waals surface area contributed by atoms with E-state index >= 15 is 0 Å². The average Bonchev–Trinajstić information content (AvgIpc) is 3.69. The molecule has 1 aliphatic rings. The zero-order valence-corrected chi connectivity index (χ0v) is 30.9. The minimum atomic E-state index is -0.0979. The number of nitrogens with zero attached hydrogens (tertiary/aromatic N) is 2. The van der Waals surface area contributed by atoms with E-state index in [0.29, 0.717) is 0 Å². The Balaban J connectivity index is 1.06. The van der Waals surface area contributed by atoms with Crippen LogP contribution in [0.1, 0.15) is 30.5 Å². The van der Waals surface area contributed by atoms with Crippen LogP contribution in [0.5, 0.6) is 0 Å². The Kier molecular flexibility index (Phi) is 7.79. The van der Waals surface area contributed by atoms with Crippen LogP contribution in [-0.4, -0.2) is 9.67 Å². The molecule has 9 aromatic rings. The second-order valence-corrected chi connectivity index (χ2v) is 15.1. The standard InChI is InChI=1S/C52H40N2O/c1-52(2)48-14-8-6-12-44(48)45-30-29-43(33-49(45)52)53(40-25-18-37(19-26-40)36-10-4-3-5-11-36)41-27-20-38(21-28-41)39-22-31-51-47(32-39)46-13-7-9-15-50(46)54(51)42-23-16-35(34-55)17-24-42/h3-33,55H,34H2,1-2H3. The predicted octanol–water partition coefficient (Wildman–Crippen LogP) is 13.4. The van der Waals surface area contributed by atoms with Crippen molar-refractivity contribution in [2.24, 2.45) is 0 Å². The van der Waals surface area contributed by atoms with E-state index in [0.717, 1.165) is 39.3 Å². The number of para-hydroxylation sites is 1. The Morgan fingerprint density at radius 3 is 1.75 bits per heavy atom. The fourth-order valence-corrected chi connectivity index (χ4v) is 8.70. The summed E-state index contributed by atoms with van der Waals surface area (Å²) in [7, 11) is 0. The van der Waals surface area contributed by atoms with Gasteiger partial charge in [0.2, 0.25) is 0 Å². The first-order valence-electron chi connectivity index (χ1n) is 19.0. The lowest BCUT2D eigenvalue weighted by atomic mass is 9.82. The lowest BCUT2D eigenvalue weighted by Crippen LogP contribution is -2.16. The molecular formula is C52H40N2O. The summed E-state index contributed by atoms with van der Waals surface area (Å²) in [5.74, 6) is 0. The molecule has 1 heterocycles. The van der Waals surface area contributed by atoms with Gasteiger partial charge in [0.25, 0.3) is 0 Å². The number of benzene rings is 8. The highest BCUT2D eigenvalue weighted by atomic mass is 16.3. The van der Waals surface area contributed by atoms with E-state index in [9.17, 15) is 5.11 Å². The summed E-state index contributed by atoms with van der Waals surface area (Å²) in [6.45, 7) is 4.72. The van der Waals surface area contributed by atoms with Crippen LogP contribution >= 0.6 is 0 Å². The van der Waals surface area contributed by atoms with Crippen LogP contribution < -0.4 is 4.90 Å². The van der Waals surface area contributed by atoms with Crippen LogP contribution in [0.15, 0.2) is 188 Å². The molecule has 0 spiro atoms. The maximum absolute atomic E-state index is 9.63. The Hall–Kier alpha value is -6.68. The van der Waals surface area contributed by atoms with Gasteiger partial charge < -0.3 is 14.6 Å². The molecule has 3 heteroatoms. The first kappa shape index (κ1) is 32.9. The van der Waals surface area contributed by atoms with Gasteiger partial charge in [-0.05, 0) is 117 Å². The molecule has 264 valence electrons. The van der Waals surface area contributed by atoms with Crippen molar-refractivity contribution in [1.82, 2.24) is 4.57 Å². The normalized spacial score (nSPS) is 12.9. The van der Waals surface area contributed by atoms with E-state index in [1.807, 2.05) is 12.1 Å². The van der Waals surface area contributed by atoms with Crippen molar-refractivity contribution in [1.29, 1.82) is 0 Å². The molecule has 55 heavy (non-hydrogen) atoms. The third-order valence-corrected chi connectivity index (χ3v) is 11.6. The van der Waals surface area contributed by atoms with Crippen LogP contribution in [0.4, 0.5) is 17.1 Å². The molecule has 8 aromatic carbocycles. The summed E-state index contributed by atoms with van der Waals surface area (Å²) < 4.78 is 2.32. The Bertz CT molecular complexity index is 2850. The second kappa shape index (κ2) is 13.0. The maximum atomic E-state index is 9.63. The zero-order chi connectivity index (χ0) is 37.1. The van der Waals surface area contributed by atoms with Gasteiger partial charge in [-0.25, -0.2) is 0 Å². The lowest BCUT2D eigenvalue weighted by molar-refractivity contribution is 0.282. The van der Waals surface area contributed by atoms with Gasteiger partial charge in [0.05, 0.1) is 17.6 Å². The van der Waals surface area contributed by atoms with Crippen molar-refractivity contribution >= 4 is 38.9 Å². The summed E-state index contributed by atoms with van der Waals surface area (Å²) in [4.78, 5) is 2.39. The Morgan fingerprint density at radius 2 is 1.02 bits per heavy atom. The van der Waals surface area contributed by atoms with Crippen molar-refractivity contribution in [3.63, 3.8) is 0 Å². The van der Waals surface area contributed by atoms with Crippen LogP contribution in [0.3, 0.4) is 0 Å². The van der Waals surface area contributed by atoms with Crippen molar-refractivity contribution < 1.29 is 5.11 Å². The van der Waals surface area contributed by atoms with Gasteiger partial charge in [0.15, 0.2) is 0 Å². The molecule has 1 aliphatic carbocycles. The summed E-state index contributed by atoms with van der Waals surface area (Å²) in [6, 6.07) is 67.9. The van der Waals surface area contributed by atoms with E-state index in [2.05, 4.69) is 199 Å². The van der Waals surface area contributed by atoms with Crippen molar-refractivity contribution in [2.45, 2.75) is 25.9 Å². The van der Waals surface area contributed by atoms with Gasteiger partial charge in [0, 0.05) is 38.9 Å². The number of anilines is 3. The van der Waals surface area contributed by atoms with E-state index < -0.39 is 0 Å². The predicted molar refractivity (Wildman–Crippen MR) is 230 cm³/mol. The minimum Gasteiger partial charge on any atom is -0.392 e. The summed E-state index contributed by atoms with van der Waals surface area (Å²) in [5.41, 5.74) is 17.7. The largest absolute Gasteiger partial charge is 0.392 e. The maximum Gasteiger partial charge on any atom is 0.0681 e. The molecule has 0 saturated heterocycles. The van der Waals surface area contributed by atoms with Crippen molar-refractivity contribution in [2.75, 3.05) is 4.90 Å². The third kappa shape index (κ3) is 5.47.